The van der Waals surface area contributed by atoms with Gasteiger partial charge in [0.05, 0.1) is 6.20 Å². The molecule has 2 aromatic heterocycles. The molecule has 19 heavy (non-hydrogen) atoms. The molecule has 0 aromatic carbocycles. The molecule has 0 spiro atoms. The van der Waals surface area contributed by atoms with E-state index in [1.54, 1.807) is 24.7 Å². The Morgan fingerprint density at radius 3 is 2.63 bits per heavy atom. The molecule has 2 heterocycles. The molecule has 0 saturated heterocycles. The third-order valence-electron chi connectivity index (χ3n) is 2.78. The highest BCUT2D eigenvalue weighted by molar-refractivity contribution is 5.20. The lowest BCUT2D eigenvalue weighted by Gasteiger charge is -2.09. The number of nitrogens with zero attached hydrogens (tertiary/aromatic N) is 3. The van der Waals surface area contributed by atoms with Gasteiger partial charge in [-0.25, -0.2) is 9.97 Å². The molecule has 0 aliphatic heterocycles. The van der Waals surface area contributed by atoms with Crippen LogP contribution in [-0.2, 0) is 13.0 Å². The fourth-order valence-electron chi connectivity index (χ4n) is 1.58. The number of hydrogen-bond donors (Lipinski definition) is 1. The topological polar surface area (TPSA) is 73.9 Å². The lowest BCUT2D eigenvalue weighted by Crippen LogP contribution is -2.21. The van der Waals surface area contributed by atoms with Crippen LogP contribution in [0.1, 0.15) is 24.9 Å². The first-order chi connectivity index (χ1) is 9.28. The van der Waals surface area contributed by atoms with Crippen LogP contribution < -0.4 is 10.5 Å². The van der Waals surface area contributed by atoms with Gasteiger partial charge in [-0.15, -0.1) is 0 Å². The average Bonchev–Trinajstić information content (AvgIpc) is 2.47. The van der Waals surface area contributed by atoms with Crippen LogP contribution in [0.4, 0.5) is 0 Å². The molecule has 2 N–H and O–H groups in total. The highest BCUT2D eigenvalue weighted by Gasteiger charge is 2.03. The summed E-state index contributed by atoms with van der Waals surface area (Å²) in [7, 11) is 0. The fourth-order valence-corrected chi connectivity index (χ4v) is 1.58. The normalized spacial score (nSPS) is 12.1. The summed E-state index contributed by atoms with van der Waals surface area (Å²) in [4.78, 5) is 12.5. The van der Waals surface area contributed by atoms with Gasteiger partial charge < -0.3 is 10.5 Å². The van der Waals surface area contributed by atoms with E-state index in [0.717, 1.165) is 18.5 Å². The Hall–Kier alpha value is -2.01. The zero-order chi connectivity index (χ0) is 13.5. The number of pyridine rings is 1. The van der Waals surface area contributed by atoms with Gasteiger partial charge in [-0.3, -0.25) is 4.98 Å². The second-order valence-electron chi connectivity index (χ2n) is 4.31. The van der Waals surface area contributed by atoms with Gasteiger partial charge in [0.2, 0.25) is 0 Å². The molecule has 5 heteroatoms. The molecular formula is C14H18N4O. The Kier molecular flexibility index (Phi) is 4.80. The summed E-state index contributed by atoms with van der Waals surface area (Å²) >= 11 is 0. The molecule has 5 nitrogen and oxygen atoms in total. The number of ether oxygens (including phenoxy) is 1. The van der Waals surface area contributed by atoms with Crippen LogP contribution in [0.3, 0.4) is 0 Å². The first-order valence-corrected chi connectivity index (χ1v) is 6.37. The Morgan fingerprint density at radius 1 is 1.21 bits per heavy atom. The van der Waals surface area contributed by atoms with Crippen LogP contribution in [0.5, 0.6) is 5.75 Å². The van der Waals surface area contributed by atoms with Gasteiger partial charge in [-0.05, 0) is 24.6 Å². The summed E-state index contributed by atoms with van der Waals surface area (Å²) in [5.74, 6) is 1.36. The predicted molar refractivity (Wildman–Crippen MR) is 72.6 cm³/mol. The van der Waals surface area contributed by atoms with Crippen molar-refractivity contribution in [2.24, 2.45) is 5.73 Å². The molecule has 1 atom stereocenters. The van der Waals surface area contributed by atoms with Crippen molar-refractivity contribution in [3.05, 3.63) is 48.3 Å². The summed E-state index contributed by atoms with van der Waals surface area (Å²) in [5, 5.41) is 0. The van der Waals surface area contributed by atoms with Gasteiger partial charge >= 0.3 is 0 Å². The molecule has 1 unspecified atom stereocenters. The monoisotopic (exact) mass is 258 g/mol. The molecule has 0 saturated carbocycles. The van der Waals surface area contributed by atoms with Crippen LogP contribution >= 0.6 is 0 Å². The Bertz CT molecular complexity index is 487. The van der Waals surface area contributed by atoms with Crippen molar-refractivity contribution >= 4 is 0 Å². The van der Waals surface area contributed by atoms with Crippen molar-refractivity contribution in [3.63, 3.8) is 0 Å². The molecule has 2 rings (SSSR count). The van der Waals surface area contributed by atoms with Crippen LogP contribution in [0.25, 0.3) is 0 Å². The standard InChI is InChI=1S/C14H18N4O/c1-2-11(15)8-12-4-5-13(9-18-12)19-10-14-16-6-3-7-17-14/h3-7,9,11H,2,8,10,15H2,1H3. The van der Waals surface area contributed by atoms with E-state index in [9.17, 15) is 0 Å². The van der Waals surface area contributed by atoms with E-state index in [-0.39, 0.29) is 6.04 Å². The second kappa shape index (κ2) is 6.80. The molecule has 2 aromatic rings. The minimum absolute atomic E-state index is 0.164. The second-order valence-corrected chi connectivity index (χ2v) is 4.31. The largest absolute Gasteiger partial charge is 0.484 e. The summed E-state index contributed by atoms with van der Waals surface area (Å²) in [6.07, 6.45) is 6.84. The van der Waals surface area contributed by atoms with Crippen LogP contribution in [0, 0.1) is 0 Å². The summed E-state index contributed by atoms with van der Waals surface area (Å²) in [6, 6.07) is 5.78. The highest BCUT2D eigenvalue weighted by atomic mass is 16.5. The first-order valence-electron chi connectivity index (χ1n) is 6.37. The number of rotatable bonds is 6. The van der Waals surface area contributed by atoms with Crippen molar-refractivity contribution < 1.29 is 4.74 Å². The number of aromatic nitrogens is 3. The van der Waals surface area contributed by atoms with E-state index in [1.165, 1.54) is 0 Å². The van der Waals surface area contributed by atoms with Crippen LogP contribution in [0.2, 0.25) is 0 Å². The lowest BCUT2D eigenvalue weighted by molar-refractivity contribution is 0.294. The maximum Gasteiger partial charge on any atom is 0.166 e. The maximum absolute atomic E-state index is 5.89. The minimum Gasteiger partial charge on any atom is -0.484 e. The molecule has 0 fully saturated rings. The third kappa shape index (κ3) is 4.30. The summed E-state index contributed by atoms with van der Waals surface area (Å²) in [6.45, 7) is 2.42. The Labute approximate surface area is 112 Å². The average molecular weight is 258 g/mol. The molecule has 0 bridgehead atoms. The van der Waals surface area contributed by atoms with E-state index in [0.29, 0.717) is 18.2 Å². The third-order valence-corrected chi connectivity index (χ3v) is 2.78. The molecular weight excluding hydrogens is 240 g/mol. The van der Waals surface area contributed by atoms with Gasteiger partial charge in [0.1, 0.15) is 12.4 Å². The van der Waals surface area contributed by atoms with E-state index < -0.39 is 0 Å². The molecule has 0 amide bonds. The van der Waals surface area contributed by atoms with Crippen molar-refractivity contribution in [1.82, 2.24) is 15.0 Å². The van der Waals surface area contributed by atoms with Crippen LogP contribution in [-0.4, -0.2) is 21.0 Å². The number of nitrogens with two attached hydrogens (primary N) is 1. The van der Waals surface area contributed by atoms with Crippen molar-refractivity contribution in [1.29, 1.82) is 0 Å². The molecule has 0 aliphatic carbocycles. The van der Waals surface area contributed by atoms with Gasteiger partial charge in [0, 0.05) is 30.6 Å². The van der Waals surface area contributed by atoms with E-state index in [1.807, 2.05) is 12.1 Å². The van der Waals surface area contributed by atoms with E-state index in [4.69, 9.17) is 10.5 Å². The molecule has 0 aliphatic rings. The first kappa shape index (κ1) is 13.4. The summed E-state index contributed by atoms with van der Waals surface area (Å²) in [5.41, 5.74) is 6.87. The van der Waals surface area contributed by atoms with Crippen molar-refractivity contribution in [3.8, 4) is 5.75 Å². The van der Waals surface area contributed by atoms with Crippen molar-refractivity contribution in [2.75, 3.05) is 0 Å². The smallest absolute Gasteiger partial charge is 0.166 e. The zero-order valence-corrected chi connectivity index (χ0v) is 11.0. The van der Waals surface area contributed by atoms with Gasteiger partial charge in [-0.2, -0.15) is 0 Å². The van der Waals surface area contributed by atoms with Crippen LogP contribution in [0.15, 0.2) is 36.8 Å². The van der Waals surface area contributed by atoms with E-state index in [2.05, 4.69) is 21.9 Å². The quantitative estimate of drug-likeness (QED) is 0.854. The number of hydrogen-bond acceptors (Lipinski definition) is 5. The predicted octanol–water partition coefficient (Wildman–Crippen LogP) is 1.73. The SMILES string of the molecule is CCC(N)Cc1ccc(OCc2ncccn2)cn1. The Morgan fingerprint density at radius 2 is 2.00 bits per heavy atom. The van der Waals surface area contributed by atoms with E-state index >= 15 is 0 Å². The van der Waals surface area contributed by atoms with Gasteiger partial charge in [0.25, 0.3) is 0 Å². The molecule has 100 valence electrons. The fraction of sp³-hybridized carbons (Fsp3) is 0.357. The molecule has 0 radical (unpaired) electrons. The zero-order valence-electron chi connectivity index (χ0n) is 11.0. The maximum atomic E-state index is 5.89. The Balaban J connectivity index is 1.88. The van der Waals surface area contributed by atoms with Crippen molar-refractivity contribution in [2.45, 2.75) is 32.4 Å². The lowest BCUT2D eigenvalue weighted by atomic mass is 10.1. The highest BCUT2D eigenvalue weighted by Crippen LogP contribution is 2.11. The van der Waals surface area contributed by atoms with Gasteiger partial charge in [0.15, 0.2) is 5.82 Å². The van der Waals surface area contributed by atoms with Gasteiger partial charge in [-0.1, -0.05) is 6.92 Å². The summed E-state index contributed by atoms with van der Waals surface area (Å²) < 4.78 is 5.56. The minimum atomic E-state index is 0.164.